The number of hydrogen-bond acceptors (Lipinski definition) is 7. The maximum Gasteiger partial charge on any atom is 0.163 e. The number of hydrogen-bond donors (Lipinski definition) is 0. The van der Waals surface area contributed by atoms with Gasteiger partial charge >= 0.3 is 0 Å². The van der Waals surface area contributed by atoms with Gasteiger partial charge < -0.3 is 28.6 Å². The van der Waals surface area contributed by atoms with E-state index in [1.807, 2.05) is 50.6 Å². The molecule has 0 amide bonds. The number of rotatable bonds is 3. The van der Waals surface area contributed by atoms with Gasteiger partial charge in [0.05, 0.1) is 45.3 Å². The molecular weight excluding hydrogens is 384 g/mol. The summed E-state index contributed by atoms with van der Waals surface area (Å²) in [4.78, 5) is 6.65. The summed E-state index contributed by atoms with van der Waals surface area (Å²) in [5.74, 6) is 1.31. The lowest BCUT2D eigenvalue weighted by atomic mass is 10.2. The van der Waals surface area contributed by atoms with Crippen molar-refractivity contribution in [2.45, 2.75) is 0 Å². The van der Waals surface area contributed by atoms with Gasteiger partial charge in [0.25, 0.3) is 0 Å². The Morgan fingerprint density at radius 1 is 0.700 bits per heavy atom. The van der Waals surface area contributed by atoms with Gasteiger partial charge in [-0.15, -0.1) is 0 Å². The highest BCUT2D eigenvalue weighted by molar-refractivity contribution is 5.82. The van der Waals surface area contributed by atoms with Crippen molar-refractivity contribution in [2.24, 2.45) is 4.99 Å². The third-order valence-electron chi connectivity index (χ3n) is 4.41. The summed E-state index contributed by atoms with van der Waals surface area (Å²) in [7, 11) is 4.04. The van der Waals surface area contributed by atoms with Crippen molar-refractivity contribution in [3.63, 3.8) is 0 Å². The van der Waals surface area contributed by atoms with E-state index in [2.05, 4.69) is 22.0 Å². The molecule has 0 aliphatic carbocycles. The fourth-order valence-electron chi connectivity index (χ4n) is 2.78. The number of anilines is 1. The van der Waals surface area contributed by atoms with Crippen LogP contribution in [0.2, 0.25) is 0 Å². The molecule has 0 aromatic heterocycles. The predicted molar refractivity (Wildman–Crippen MR) is 118 cm³/mol. The Bertz CT molecular complexity index is 793. The molecule has 0 N–H and O–H groups in total. The largest absolute Gasteiger partial charge is 0.487 e. The maximum atomic E-state index is 5.89. The second-order valence-electron chi connectivity index (χ2n) is 6.91. The van der Waals surface area contributed by atoms with Crippen molar-refractivity contribution in [3.05, 3.63) is 48.0 Å². The number of benzene rings is 2. The fourth-order valence-corrected chi connectivity index (χ4v) is 2.78. The Morgan fingerprint density at radius 3 is 1.87 bits per heavy atom. The average Bonchev–Trinajstić information content (AvgIpc) is 2.77. The van der Waals surface area contributed by atoms with Gasteiger partial charge in [0.2, 0.25) is 0 Å². The first-order chi connectivity index (χ1) is 14.7. The molecule has 0 atom stereocenters. The molecule has 7 heteroatoms. The molecule has 1 aliphatic rings. The second-order valence-corrected chi connectivity index (χ2v) is 6.91. The first-order valence-electron chi connectivity index (χ1n) is 10.2. The van der Waals surface area contributed by atoms with Gasteiger partial charge in [-0.3, -0.25) is 4.99 Å². The van der Waals surface area contributed by atoms with Crippen molar-refractivity contribution in [2.75, 3.05) is 71.9 Å². The van der Waals surface area contributed by atoms with Crippen LogP contribution in [0.25, 0.3) is 0 Å². The van der Waals surface area contributed by atoms with Gasteiger partial charge in [-0.05, 0) is 29.8 Å². The Morgan fingerprint density at radius 2 is 1.27 bits per heavy atom. The molecule has 0 fully saturated rings. The molecule has 0 saturated carbocycles. The van der Waals surface area contributed by atoms with Crippen LogP contribution >= 0.6 is 0 Å². The highest BCUT2D eigenvalue weighted by Crippen LogP contribution is 2.32. The number of ether oxygens (including phenoxy) is 5. The molecule has 0 radical (unpaired) electrons. The Balaban J connectivity index is 1.67. The van der Waals surface area contributed by atoms with Crippen LogP contribution in [0.1, 0.15) is 5.56 Å². The summed E-state index contributed by atoms with van der Waals surface area (Å²) in [6, 6.07) is 13.9. The van der Waals surface area contributed by atoms with Crippen molar-refractivity contribution >= 4 is 17.6 Å². The molecule has 1 heterocycles. The standard InChI is InChI=1S/C23H30N2O5/c1-25(2)21-6-3-19(4-7-21)18-24-20-5-8-22-23(17-20)30-16-14-28-12-10-26-9-11-27-13-15-29-22/h3-8,17-18H,9-16H2,1-2H3/b24-18+. The van der Waals surface area contributed by atoms with E-state index in [9.17, 15) is 0 Å². The average molecular weight is 415 g/mol. The highest BCUT2D eigenvalue weighted by Gasteiger charge is 2.08. The molecule has 2 aromatic carbocycles. The normalized spacial score (nSPS) is 16.6. The van der Waals surface area contributed by atoms with E-state index < -0.39 is 0 Å². The van der Waals surface area contributed by atoms with Crippen molar-refractivity contribution in [1.82, 2.24) is 0 Å². The molecular formula is C23H30N2O5. The van der Waals surface area contributed by atoms with E-state index in [0.29, 0.717) is 64.4 Å². The first kappa shape index (κ1) is 22.1. The van der Waals surface area contributed by atoms with E-state index in [-0.39, 0.29) is 0 Å². The van der Waals surface area contributed by atoms with Gasteiger partial charge in [-0.2, -0.15) is 0 Å². The lowest BCUT2D eigenvalue weighted by Crippen LogP contribution is -2.13. The first-order valence-corrected chi connectivity index (χ1v) is 10.2. The zero-order valence-corrected chi connectivity index (χ0v) is 17.7. The van der Waals surface area contributed by atoms with Crippen LogP contribution < -0.4 is 14.4 Å². The molecule has 0 unspecified atom stereocenters. The van der Waals surface area contributed by atoms with Gasteiger partial charge in [0, 0.05) is 32.1 Å². The summed E-state index contributed by atoms with van der Waals surface area (Å²) in [5.41, 5.74) is 2.97. The van der Waals surface area contributed by atoms with Crippen molar-refractivity contribution < 1.29 is 23.7 Å². The summed E-state index contributed by atoms with van der Waals surface area (Å²) in [6.07, 6.45) is 1.84. The third kappa shape index (κ3) is 7.33. The summed E-state index contributed by atoms with van der Waals surface area (Å²) < 4.78 is 28.2. The van der Waals surface area contributed by atoms with Crippen LogP contribution in [0, 0.1) is 0 Å². The molecule has 0 bridgehead atoms. The number of nitrogens with zero attached hydrogens (tertiary/aromatic N) is 2. The molecule has 162 valence electrons. The molecule has 7 nitrogen and oxygen atoms in total. The number of fused-ring (bicyclic) bond motifs is 1. The Kier molecular flexibility index (Phi) is 8.96. The quantitative estimate of drug-likeness (QED) is 0.718. The monoisotopic (exact) mass is 414 g/mol. The van der Waals surface area contributed by atoms with Crippen LogP contribution in [0.4, 0.5) is 11.4 Å². The van der Waals surface area contributed by atoms with E-state index in [0.717, 1.165) is 16.9 Å². The van der Waals surface area contributed by atoms with Gasteiger partial charge in [-0.1, -0.05) is 12.1 Å². The summed E-state index contributed by atoms with van der Waals surface area (Å²) >= 11 is 0. The van der Waals surface area contributed by atoms with Crippen LogP contribution in [0.5, 0.6) is 11.5 Å². The molecule has 3 rings (SSSR count). The van der Waals surface area contributed by atoms with Gasteiger partial charge in [0.15, 0.2) is 11.5 Å². The van der Waals surface area contributed by atoms with Crippen LogP contribution in [0.15, 0.2) is 47.5 Å². The zero-order valence-electron chi connectivity index (χ0n) is 17.7. The SMILES string of the molecule is CN(C)c1ccc(/C=N/c2ccc3c(c2)OCCOCCOCCOCCO3)cc1. The van der Waals surface area contributed by atoms with Crippen molar-refractivity contribution in [1.29, 1.82) is 0 Å². The molecule has 1 aliphatic heterocycles. The van der Waals surface area contributed by atoms with Gasteiger partial charge in [-0.25, -0.2) is 0 Å². The summed E-state index contributed by atoms with van der Waals surface area (Å²) in [5, 5.41) is 0. The lowest BCUT2D eigenvalue weighted by molar-refractivity contribution is 0.00708. The lowest BCUT2D eigenvalue weighted by Gasteiger charge is -2.13. The number of aliphatic imine (C=N–C) groups is 1. The second kappa shape index (κ2) is 12.2. The predicted octanol–water partition coefficient (Wildman–Crippen LogP) is 3.32. The molecule has 0 saturated heterocycles. The van der Waals surface area contributed by atoms with Crippen molar-refractivity contribution in [3.8, 4) is 11.5 Å². The smallest absolute Gasteiger partial charge is 0.163 e. The van der Waals surface area contributed by atoms with Crippen LogP contribution in [-0.2, 0) is 14.2 Å². The maximum absolute atomic E-state index is 5.89. The van der Waals surface area contributed by atoms with Crippen LogP contribution in [-0.4, -0.2) is 73.2 Å². The third-order valence-corrected chi connectivity index (χ3v) is 4.41. The molecule has 0 spiro atoms. The zero-order chi connectivity index (χ0) is 21.0. The van der Waals surface area contributed by atoms with E-state index in [4.69, 9.17) is 23.7 Å². The molecule has 2 aromatic rings. The van der Waals surface area contributed by atoms with Gasteiger partial charge in [0.1, 0.15) is 13.2 Å². The Hall–Kier alpha value is -2.61. The van der Waals surface area contributed by atoms with E-state index >= 15 is 0 Å². The minimum Gasteiger partial charge on any atom is -0.487 e. The topological polar surface area (TPSA) is 61.8 Å². The van der Waals surface area contributed by atoms with Crippen LogP contribution in [0.3, 0.4) is 0 Å². The van der Waals surface area contributed by atoms with E-state index in [1.165, 1.54) is 0 Å². The minimum absolute atomic E-state index is 0.423. The molecule has 30 heavy (non-hydrogen) atoms. The summed E-state index contributed by atoms with van der Waals surface area (Å²) in [6.45, 7) is 3.99. The minimum atomic E-state index is 0.423. The van der Waals surface area contributed by atoms with E-state index in [1.54, 1.807) is 0 Å². The fraction of sp³-hybridized carbons (Fsp3) is 0.435. The highest BCUT2D eigenvalue weighted by atomic mass is 16.6. The Labute approximate surface area is 178 Å².